The van der Waals surface area contributed by atoms with E-state index in [4.69, 9.17) is 10.00 Å². The molecule has 3 N–H and O–H groups in total. The van der Waals surface area contributed by atoms with E-state index in [0.717, 1.165) is 0 Å². The van der Waals surface area contributed by atoms with Crippen molar-refractivity contribution in [2.24, 2.45) is 11.3 Å². The number of rotatable bonds is 6. The van der Waals surface area contributed by atoms with Crippen LogP contribution < -0.4 is 0 Å². The molecule has 0 aliphatic heterocycles. The summed E-state index contributed by atoms with van der Waals surface area (Å²) in [6.07, 6.45) is 0.806. The molecule has 0 saturated carbocycles. The molecular weight excluding hydrogens is 215 g/mol. The zero-order valence-corrected chi connectivity index (χ0v) is 10.6. The van der Waals surface area contributed by atoms with E-state index >= 15 is 0 Å². The van der Waals surface area contributed by atoms with Gasteiger partial charge >= 0.3 is 8.03 Å². The van der Waals surface area contributed by atoms with Gasteiger partial charge in [-0.15, -0.1) is 0 Å². The highest BCUT2D eigenvalue weighted by molar-refractivity contribution is 7.38. The van der Waals surface area contributed by atoms with Gasteiger partial charge in [0.1, 0.15) is 0 Å². The lowest BCUT2D eigenvalue weighted by Crippen LogP contribution is -2.27. The van der Waals surface area contributed by atoms with E-state index in [1.807, 2.05) is 20.8 Å². The average molecular weight is 237 g/mol. The maximum atomic E-state index is 10.6. The SMILES string of the molecule is CC(C)(C)C(O)CCC(CO)C[P+](=O)O. The third-order valence-corrected chi connectivity index (χ3v) is 3.35. The quantitative estimate of drug-likeness (QED) is 0.612. The molecule has 3 atom stereocenters. The van der Waals surface area contributed by atoms with Gasteiger partial charge in [-0.25, -0.2) is 0 Å². The van der Waals surface area contributed by atoms with Crippen LogP contribution in [-0.4, -0.2) is 34.0 Å². The molecule has 0 heterocycles. The molecule has 0 fully saturated rings. The van der Waals surface area contributed by atoms with Crippen molar-refractivity contribution < 1.29 is 19.7 Å². The van der Waals surface area contributed by atoms with Crippen molar-refractivity contribution in [3.63, 3.8) is 0 Å². The Morgan fingerprint density at radius 3 is 2.13 bits per heavy atom. The van der Waals surface area contributed by atoms with Crippen molar-refractivity contribution in [2.75, 3.05) is 12.8 Å². The Balaban J connectivity index is 3.95. The Morgan fingerprint density at radius 1 is 1.27 bits per heavy atom. The van der Waals surface area contributed by atoms with Crippen LogP contribution in [0.25, 0.3) is 0 Å². The van der Waals surface area contributed by atoms with E-state index in [1.54, 1.807) is 0 Å². The van der Waals surface area contributed by atoms with Crippen LogP contribution in [0.15, 0.2) is 0 Å². The first-order valence-corrected chi connectivity index (χ1v) is 6.59. The van der Waals surface area contributed by atoms with E-state index in [9.17, 15) is 9.67 Å². The molecule has 3 unspecified atom stereocenters. The standard InChI is InChI=1S/C10H21O4P/c1-10(2,3)9(12)5-4-8(6-11)7-15(13)14/h8-9,11-12H,4-7H2,1-3H3/p+1. The topological polar surface area (TPSA) is 77.8 Å². The molecule has 0 rings (SSSR count). The van der Waals surface area contributed by atoms with Crippen LogP contribution in [0, 0.1) is 11.3 Å². The predicted octanol–water partition coefficient (Wildman–Crippen LogP) is 1.52. The molecule has 4 nitrogen and oxygen atoms in total. The van der Waals surface area contributed by atoms with Gasteiger partial charge in [0.2, 0.25) is 0 Å². The summed E-state index contributed by atoms with van der Waals surface area (Å²) < 4.78 is 10.6. The van der Waals surface area contributed by atoms with Crippen LogP contribution in [0.2, 0.25) is 0 Å². The highest BCUT2D eigenvalue weighted by Crippen LogP contribution is 2.26. The van der Waals surface area contributed by atoms with Crippen LogP contribution >= 0.6 is 8.03 Å². The number of aliphatic hydroxyl groups excluding tert-OH is 2. The molecule has 0 bridgehead atoms. The van der Waals surface area contributed by atoms with Crippen molar-refractivity contribution in [3.05, 3.63) is 0 Å². The number of aliphatic hydroxyl groups is 2. The Morgan fingerprint density at radius 2 is 1.80 bits per heavy atom. The smallest absolute Gasteiger partial charge is 0.396 e. The maximum absolute atomic E-state index is 10.6. The molecule has 0 aromatic heterocycles. The normalized spacial score (nSPS) is 17.3. The van der Waals surface area contributed by atoms with E-state index in [0.29, 0.717) is 12.8 Å². The molecule has 90 valence electrons. The van der Waals surface area contributed by atoms with Gasteiger partial charge in [-0.3, -0.25) is 0 Å². The van der Waals surface area contributed by atoms with E-state index < -0.39 is 14.1 Å². The van der Waals surface area contributed by atoms with Crippen molar-refractivity contribution in [3.8, 4) is 0 Å². The molecule has 15 heavy (non-hydrogen) atoms. The minimum absolute atomic E-state index is 0.0987. The summed E-state index contributed by atoms with van der Waals surface area (Å²) in [6.45, 7) is 5.73. The molecule has 0 amide bonds. The summed E-state index contributed by atoms with van der Waals surface area (Å²) in [4.78, 5) is 8.71. The minimum atomic E-state index is -2.20. The zero-order valence-electron chi connectivity index (χ0n) is 9.68. The van der Waals surface area contributed by atoms with Gasteiger partial charge in [0, 0.05) is 5.92 Å². The maximum Gasteiger partial charge on any atom is 0.505 e. The molecule has 0 aliphatic rings. The van der Waals surface area contributed by atoms with E-state index in [2.05, 4.69) is 0 Å². The largest absolute Gasteiger partial charge is 0.505 e. The van der Waals surface area contributed by atoms with Gasteiger partial charge in [-0.1, -0.05) is 20.8 Å². The summed E-state index contributed by atoms with van der Waals surface area (Å²) in [6, 6.07) is 0. The summed E-state index contributed by atoms with van der Waals surface area (Å²) in [7, 11) is -2.20. The third kappa shape index (κ3) is 6.96. The molecule has 0 aromatic carbocycles. The fourth-order valence-corrected chi connectivity index (χ4v) is 2.03. The summed E-state index contributed by atoms with van der Waals surface area (Å²) >= 11 is 0. The zero-order chi connectivity index (χ0) is 12.1. The van der Waals surface area contributed by atoms with Crippen LogP contribution in [0.1, 0.15) is 33.6 Å². The fourth-order valence-electron chi connectivity index (χ4n) is 1.29. The summed E-state index contributed by atoms with van der Waals surface area (Å²) in [5, 5.41) is 18.7. The van der Waals surface area contributed by atoms with Gasteiger partial charge in [0.05, 0.1) is 12.7 Å². The predicted molar refractivity (Wildman–Crippen MR) is 60.0 cm³/mol. The van der Waals surface area contributed by atoms with Gasteiger partial charge in [0.25, 0.3) is 0 Å². The van der Waals surface area contributed by atoms with Gasteiger partial charge in [-0.05, 0) is 22.8 Å². The van der Waals surface area contributed by atoms with E-state index in [-0.39, 0.29) is 24.1 Å². The Labute approximate surface area is 92.2 Å². The lowest BCUT2D eigenvalue weighted by molar-refractivity contribution is 0.0479. The second kappa shape index (κ2) is 6.54. The molecule has 0 saturated heterocycles. The highest BCUT2D eigenvalue weighted by Gasteiger charge is 2.26. The van der Waals surface area contributed by atoms with Gasteiger partial charge in [0.15, 0.2) is 6.16 Å². The second-order valence-corrected chi connectivity index (χ2v) is 6.11. The van der Waals surface area contributed by atoms with Crippen molar-refractivity contribution in [1.29, 1.82) is 0 Å². The minimum Gasteiger partial charge on any atom is -0.396 e. The lowest BCUT2D eigenvalue weighted by Gasteiger charge is -2.26. The second-order valence-electron chi connectivity index (χ2n) is 5.04. The first-order valence-electron chi connectivity index (χ1n) is 5.19. The van der Waals surface area contributed by atoms with Crippen LogP contribution in [0.3, 0.4) is 0 Å². The molecule has 0 aliphatic carbocycles. The summed E-state index contributed by atoms with van der Waals surface area (Å²) in [5.74, 6) is -0.185. The summed E-state index contributed by atoms with van der Waals surface area (Å²) in [5.41, 5.74) is -0.179. The first kappa shape index (κ1) is 15.0. The Bertz CT molecular complexity index is 200. The Kier molecular flexibility index (Phi) is 6.53. The average Bonchev–Trinajstić information content (AvgIpc) is 2.09. The third-order valence-electron chi connectivity index (χ3n) is 2.52. The number of hydrogen-bond acceptors (Lipinski definition) is 3. The van der Waals surface area contributed by atoms with Gasteiger partial charge < -0.3 is 10.2 Å². The molecule has 0 aromatic rings. The molecule has 0 radical (unpaired) electrons. The monoisotopic (exact) mass is 237 g/mol. The van der Waals surface area contributed by atoms with Crippen LogP contribution in [0.4, 0.5) is 0 Å². The number of hydrogen-bond donors (Lipinski definition) is 3. The fraction of sp³-hybridized carbons (Fsp3) is 1.00. The first-order chi connectivity index (χ1) is 6.77. The lowest BCUT2D eigenvalue weighted by atomic mass is 9.85. The van der Waals surface area contributed by atoms with Crippen molar-refractivity contribution >= 4 is 8.03 Å². The van der Waals surface area contributed by atoms with Gasteiger partial charge in [-0.2, -0.15) is 4.89 Å². The van der Waals surface area contributed by atoms with Crippen molar-refractivity contribution in [1.82, 2.24) is 0 Å². The van der Waals surface area contributed by atoms with Crippen LogP contribution in [-0.2, 0) is 4.57 Å². The highest BCUT2D eigenvalue weighted by atomic mass is 31.1. The van der Waals surface area contributed by atoms with E-state index in [1.165, 1.54) is 0 Å². The van der Waals surface area contributed by atoms with Crippen LogP contribution in [0.5, 0.6) is 0 Å². The van der Waals surface area contributed by atoms with Crippen molar-refractivity contribution in [2.45, 2.75) is 39.7 Å². The Hall–Kier alpha value is -0.0200. The molecular formula is C10H22O4P+. The molecule has 0 spiro atoms. The molecule has 5 heteroatoms.